The van der Waals surface area contributed by atoms with Gasteiger partial charge in [0.15, 0.2) is 5.96 Å². The van der Waals surface area contributed by atoms with E-state index < -0.39 is 0 Å². The average Bonchev–Trinajstić information content (AvgIpc) is 2.67. The van der Waals surface area contributed by atoms with E-state index >= 15 is 0 Å². The molecular formula is C21H35FN4O. The zero-order valence-corrected chi connectivity index (χ0v) is 17.1. The summed E-state index contributed by atoms with van der Waals surface area (Å²) in [4.78, 5) is 7.25. The van der Waals surface area contributed by atoms with Crippen LogP contribution in [0.1, 0.15) is 30.9 Å². The fourth-order valence-electron chi connectivity index (χ4n) is 3.43. The summed E-state index contributed by atoms with van der Waals surface area (Å²) < 4.78 is 18.4. The molecule has 5 nitrogen and oxygen atoms in total. The van der Waals surface area contributed by atoms with Gasteiger partial charge < -0.3 is 20.3 Å². The topological polar surface area (TPSA) is 48.9 Å². The van der Waals surface area contributed by atoms with Gasteiger partial charge in [-0.1, -0.05) is 6.07 Å². The summed E-state index contributed by atoms with van der Waals surface area (Å²) >= 11 is 0. The van der Waals surface area contributed by atoms with Crippen LogP contribution in [0.25, 0.3) is 0 Å². The molecule has 0 atom stereocenters. The predicted octanol–water partition coefficient (Wildman–Crippen LogP) is 2.59. The van der Waals surface area contributed by atoms with Gasteiger partial charge in [0.25, 0.3) is 0 Å². The molecule has 2 N–H and O–H groups in total. The Hall–Kier alpha value is -1.66. The second-order valence-corrected chi connectivity index (χ2v) is 7.25. The van der Waals surface area contributed by atoms with Gasteiger partial charge in [0.2, 0.25) is 0 Å². The molecule has 1 aromatic carbocycles. The van der Waals surface area contributed by atoms with Crippen LogP contribution in [0.2, 0.25) is 0 Å². The Morgan fingerprint density at radius 2 is 2.07 bits per heavy atom. The Bertz CT molecular complexity index is 586. The smallest absolute Gasteiger partial charge is 0.191 e. The molecule has 2 rings (SSSR count). The Kier molecular flexibility index (Phi) is 9.56. The van der Waals surface area contributed by atoms with Gasteiger partial charge in [-0.25, -0.2) is 4.39 Å². The molecule has 0 spiro atoms. The van der Waals surface area contributed by atoms with E-state index in [4.69, 9.17) is 9.73 Å². The first kappa shape index (κ1) is 21.6. The number of likely N-dealkylation sites (tertiary alicyclic amines) is 1. The second kappa shape index (κ2) is 11.9. The van der Waals surface area contributed by atoms with Gasteiger partial charge >= 0.3 is 0 Å². The molecule has 0 radical (unpaired) electrons. The number of hydrogen-bond acceptors (Lipinski definition) is 3. The number of hydrogen-bond donors (Lipinski definition) is 2. The van der Waals surface area contributed by atoms with Crippen LogP contribution in [0.4, 0.5) is 4.39 Å². The number of guanidine groups is 1. The molecule has 0 saturated carbocycles. The van der Waals surface area contributed by atoms with Crippen molar-refractivity contribution in [2.75, 3.05) is 53.0 Å². The van der Waals surface area contributed by atoms with Crippen LogP contribution in [0.15, 0.2) is 23.2 Å². The number of methoxy groups -OCH3 is 1. The SMILES string of the molecule is CCNC(=NCC1CCN(CCOC)CC1)NCCc1ccc(F)cc1C. The number of rotatable bonds is 9. The van der Waals surface area contributed by atoms with Gasteiger partial charge in [-0.2, -0.15) is 0 Å². The highest BCUT2D eigenvalue weighted by Crippen LogP contribution is 2.17. The van der Waals surface area contributed by atoms with Crippen LogP contribution in [-0.4, -0.2) is 63.8 Å². The summed E-state index contributed by atoms with van der Waals surface area (Å²) in [6.45, 7) is 10.6. The highest BCUT2D eigenvalue weighted by atomic mass is 19.1. The molecule has 0 unspecified atom stereocenters. The van der Waals surface area contributed by atoms with E-state index in [-0.39, 0.29) is 5.82 Å². The lowest BCUT2D eigenvalue weighted by atomic mass is 9.97. The van der Waals surface area contributed by atoms with Gasteiger partial charge in [0.05, 0.1) is 6.61 Å². The maximum Gasteiger partial charge on any atom is 0.191 e. The molecule has 0 aromatic heterocycles. The third-order valence-electron chi connectivity index (χ3n) is 5.16. The van der Waals surface area contributed by atoms with Gasteiger partial charge in [-0.15, -0.1) is 0 Å². The van der Waals surface area contributed by atoms with Crippen molar-refractivity contribution in [1.82, 2.24) is 15.5 Å². The van der Waals surface area contributed by atoms with Crippen molar-refractivity contribution >= 4 is 5.96 Å². The molecule has 1 aromatic rings. The summed E-state index contributed by atoms with van der Waals surface area (Å²) in [5, 5.41) is 6.73. The van der Waals surface area contributed by atoms with Gasteiger partial charge in [0.1, 0.15) is 5.82 Å². The molecule has 152 valence electrons. The molecule has 0 bridgehead atoms. The highest BCUT2D eigenvalue weighted by Gasteiger charge is 2.18. The highest BCUT2D eigenvalue weighted by molar-refractivity contribution is 5.79. The molecule has 1 fully saturated rings. The Morgan fingerprint density at radius 3 is 2.74 bits per heavy atom. The maximum absolute atomic E-state index is 13.2. The lowest BCUT2D eigenvalue weighted by molar-refractivity contribution is 0.121. The van der Waals surface area contributed by atoms with E-state index in [0.29, 0.717) is 5.92 Å². The lowest BCUT2D eigenvalue weighted by Crippen LogP contribution is -2.40. The molecule has 0 aliphatic carbocycles. The standard InChI is InChI=1S/C21H35FN4O/c1-4-23-21(24-10-7-19-5-6-20(22)15-17(19)2)25-16-18-8-11-26(12-9-18)13-14-27-3/h5-6,15,18H,4,7-14,16H2,1-3H3,(H2,23,24,25). The number of aryl methyl sites for hydroxylation is 1. The van der Waals surface area contributed by atoms with Crippen LogP contribution in [0, 0.1) is 18.7 Å². The summed E-state index contributed by atoms with van der Waals surface area (Å²) in [6.07, 6.45) is 3.25. The quantitative estimate of drug-likeness (QED) is 0.512. The van der Waals surface area contributed by atoms with E-state index in [1.54, 1.807) is 13.2 Å². The molecule has 6 heteroatoms. The molecule has 27 heavy (non-hydrogen) atoms. The third kappa shape index (κ3) is 7.85. The van der Waals surface area contributed by atoms with Crippen molar-refractivity contribution < 1.29 is 9.13 Å². The summed E-state index contributed by atoms with van der Waals surface area (Å²) in [5.41, 5.74) is 2.17. The minimum Gasteiger partial charge on any atom is -0.383 e. The van der Waals surface area contributed by atoms with Crippen molar-refractivity contribution in [3.05, 3.63) is 35.1 Å². The van der Waals surface area contributed by atoms with Crippen molar-refractivity contribution in [3.63, 3.8) is 0 Å². The Balaban J connectivity index is 1.75. The summed E-state index contributed by atoms with van der Waals surface area (Å²) in [6, 6.07) is 4.99. The first-order valence-corrected chi connectivity index (χ1v) is 10.1. The minimum absolute atomic E-state index is 0.174. The molecule has 1 saturated heterocycles. The summed E-state index contributed by atoms with van der Waals surface area (Å²) in [5.74, 6) is 1.35. The van der Waals surface area contributed by atoms with Crippen LogP contribution in [0.3, 0.4) is 0 Å². The van der Waals surface area contributed by atoms with Gasteiger partial charge in [0, 0.05) is 33.3 Å². The van der Waals surface area contributed by atoms with Crippen molar-refractivity contribution in [2.24, 2.45) is 10.9 Å². The monoisotopic (exact) mass is 378 g/mol. The van der Waals surface area contributed by atoms with E-state index in [9.17, 15) is 4.39 Å². The van der Waals surface area contributed by atoms with Crippen LogP contribution in [-0.2, 0) is 11.2 Å². The zero-order valence-electron chi connectivity index (χ0n) is 17.1. The number of nitrogens with zero attached hydrogens (tertiary/aromatic N) is 2. The fourth-order valence-corrected chi connectivity index (χ4v) is 3.43. The van der Waals surface area contributed by atoms with Crippen LogP contribution in [0.5, 0.6) is 0 Å². The molecule has 1 aliphatic heterocycles. The lowest BCUT2D eigenvalue weighted by Gasteiger charge is -2.31. The van der Waals surface area contributed by atoms with E-state index in [1.807, 2.05) is 13.0 Å². The van der Waals surface area contributed by atoms with E-state index in [2.05, 4.69) is 22.5 Å². The number of ether oxygens (including phenoxy) is 1. The van der Waals surface area contributed by atoms with Crippen molar-refractivity contribution in [2.45, 2.75) is 33.1 Å². The molecule has 0 amide bonds. The molecule has 1 heterocycles. The average molecular weight is 379 g/mol. The number of aliphatic imine (C=N–C) groups is 1. The molecule has 1 aliphatic rings. The van der Waals surface area contributed by atoms with Crippen LogP contribution >= 0.6 is 0 Å². The number of benzene rings is 1. The van der Waals surface area contributed by atoms with E-state index in [1.165, 1.54) is 24.5 Å². The number of piperidine rings is 1. The number of nitrogens with one attached hydrogen (secondary N) is 2. The third-order valence-corrected chi connectivity index (χ3v) is 5.16. The molecular weight excluding hydrogens is 343 g/mol. The van der Waals surface area contributed by atoms with Crippen molar-refractivity contribution in [1.29, 1.82) is 0 Å². The minimum atomic E-state index is -0.174. The van der Waals surface area contributed by atoms with Crippen molar-refractivity contribution in [3.8, 4) is 0 Å². The predicted molar refractivity (Wildman–Crippen MR) is 110 cm³/mol. The maximum atomic E-state index is 13.2. The van der Waals surface area contributed by atoms with Gasteiger partial charge in [-0.05, 0) is 75.4 Å². The largest absolute Gasteiger partial charge is 0.383 e. The fraction of sp³-hybridized carbons (Fsp3) is 0.667. The summed E-state index contributed by atoms with van der Waals surface area (Å²) in [7, 11) is 1.76. The van der Waals surface area contributed by atoms with E-state index in [0.717, 1.165) is 63.8 Å². The van der Waals surface area contributed by atoms with Crippen LogP contribution < -0.4 is 10.6 Å². The number of halogens is 1. The second-order valence-electron chi connectivity index (χ2n) is 7.25. The van der Waals surface area contributed by atoms with Gasteiger partial charge in [-0.3, -0.25) is 4.99 Å². The first-order chi connectivity index (χ1) is 13.1. The normalized spacial score (nSPS) is 16.5. The zero-order chi connectivity index (χ0) is 19.5. The Morgan fingerprint density at radius 1 is 1.30 bits per heavy atom. The Labute approximate surface area is 163 Å². The first-order valence-electron chi connectivity index (χ1n) is 10.1.